The van der Waals surface area contributed by atoms with E-state index in [-0.39, 0.29) is 50.6 Å². The number of ether oxygens (including phenoxy) is 2. The van der Waals surface area contributed by atoms with Crippen molar-refractivity contribution < 1.29 is 52.3 Å². The lowest BCUT2D eigenvalue weighted by atomic mass is 10.0. The number of nitrogens with two attached hydrogens (primary N) is 1. The molecule has 0 aliphatic carbocycles. The molecular formula is C32H43N4O11P. The number of alkyl carbamates (subject to hydrolysis) is 1. The summed E-state index contributed by atoms with van der Waals surface area (Å²) >= 11 is 0. The zero-order valence-electron chi connectivity index (χ0n) is 27.0. The summed E-state index contributed by atoms with van der Waals surface area (Å²) in [6.45, 7) is 5.42. The summed E-state index contributed by atoms with van der Waals surface area (Å²) in [7, 11) is -4.81. The highest BCUT2D eigenvalue weighted by molar-refractivity contribution is 7.46. The van der Waals surface area contributed by atoms with Gasteiger partial charge in [-0.25, -0.2) is 14.2 Å². The average Bonchev–Trinajstić information content (AvgIpc) is 3.01. The van der Waals surface area contributed by atoms with Crippen molar-refractivity contribution in [3.63, 3.8) is 0 Å². The van der Waals surface area contributed by atoms with Gasteiger partial charge >= 0.3 is 19.9 Å². The maximum atomic E-state index is 13.7. The van der Waals surface area contributed by atoms with Crippen molar-refractivity contribution in [2.45, 2.75) is 71.2 Å². The van der Waals surface area contributed by atoms with Gasteiger partial charge in [-0.3, -0.25) is 24.2 Å². The van der Waals surface area contributed by atoms with Gasteiger partial charge in [-0.05, 0) is 48.9 Å². The van der Waals surface area contributed by atoms with Crippen molar-refractivity contribution >= 4 is 37.6 Å². The van der Waals surface area contributed by atoms with Gasteiger partial charge in [-0.2, -0.15) is 0 Å². The van der Waals surface area contributed by atoms with E-state index < -0.39 is 55.7 Å². The fourth-order valence-corrected chi connectivity index (χ4v) is 4.73. The summed E-state index contributed by atoms with van der Waals surface area (Å²) < 4.78 is 25.9. The molecule has 0 aliphatic rings. The lowest BCUT2D eigenvalue weighted by Crippen LogP contribution is -2.55. The molecule has 0 saturated carbocycles. The van der Waals surface area contributed by atoms with Crippen molar-refractivity contribution in [2.75, 3.05) is 6.61 Å². The number of carbonyl (C=O) groups is 5. The largest absolute Gasteiger partial charge is 0.524 e. The van der Waals surface area contributed by atoms with Crippen LogP contribution < -0.4 is 26.2 Å². The molecule has 0 radical (unpaired) electrons. The van der Waals surface area contributed by atoms with Gasteiger partial charge in [0, 0.05) is 25.0 Å². The number of carbonyl (C=O) groups excluding carboxylic acids is 5. The highest BCUT2D eigenvalue weighted by Gasteiger charge is 2.29. The molecule has 0 aliphatic heterocycles. The first-order valence-corrected chi connectivity index (χ1v) is 16.7. The van der Waals surface area contributed by atoms with E-state index in [1.807, 2.05) is 19.9 Å². The SMILES string of the molecule is CCOC(=O)/C=C/[C@H](CCC(N)=O)NC(=O)[C@H](Cc1ccc(OP(=O)(O)O)cc1)NC(=O)[C@H](CC(C)C)NC(=O)OCc1ccccc1. The van der Waals surface area contributed by atoms with Gasteiger partial charge < -0.3 is 35.7 Å². The topological polar surface area (TPSA) is 233 Å². The Labute approximate surface area is 278 Å². The minimum atomic E-state index is -4.81. The molecule has 3 atom stereocenters. The lowest BCUT2D eigenvalue weighted by Gasteiger charge is -2.25. The van der Waals surface area contributed by atoms with Crippen LogP contribution in [-0.4, -0.2) is 64.3 Å². The standard InChI is InChI=1S/C32H43N4O11P/c1-4-45-29(38)17-13-24(12-16-28(33)37)34-30(39)27(19-22-10-14-25(15-11-22)47-48(42,43)44)35-31(40)26(18-21(2)3)36-32(41)46-20-23-8-6-5-7-9-23/h5-11,13-15,17,21,24,26-27H,4,12,16,18-20H2,1-3H3,(H2,33,37)(H,34,39)(H,35,40)(H,36,41)(H2,42,43,44)/b17-13+/t24-,26-,27-/m0/s1. The minimum absolute atomic E-state index is 0.0263. The molecule has 15 nitrogen and oxygen atoms in total. The molecule has 16 heteroatoms. The van der Waals surface area contributed by atoms with Crippen LogP contribution in [0.3, 0.4) is 0 Å². The molecule has 48 heavy (non-hydrogen) atoms. The third kappa shape index (κ3) is 16.2. The van der Waals surface area contributed by atoms with Crippen LogP contribution in [0.2, 0.25) is 0 Å². The van der Waals surface area contributed by atoms with Crippen molar-refractivity contribution in [3.05, 3.63) is 77.9 Å². The van der Waals surface area contributed by atoms with Crippen LogP contribution >= 0.6 is 7.82 Å². The Bertz CT molecular complexity index is 1450. The summed E-state index contributed by atoms with van der Waals surface area (Å²) in [4.78, 5) is 81.5. The van der Waals surface area contributed by atoms with Gasteiger partial charge in [0.2, 0.25) is 17.7 Å². The Kier molecular flexibility index (Phi) is 16.3. The first-order valence-electron chi connectivity index (χ1n) is 15.2. The first kappa shape index (κ1) is 39.5. The molecule has 0 fully saturated rings. The molecule has 2 aromatic rings. The molecule has 0 saturated heterocycles. The fourth-order valence-electron chi connectivity index (χ4n) is 4.33. The summed E-state index contributed by atoms with van der Waals surface area (Å²) in [6.07, 6.45) is 1.63. The zero-order valence-corrected chi connectivity index (χ0v) is 27.9. The maximum absolute atomic E-state index is 13.7. The Morgan fingerprint density at radius 3 is 2.10 bits per heavy atom. The minimum Gasteiger partial charge on any atom is -0.463 e. The van der Waals surface area contributed by atoms with Gasteiger partial charge in [0.05, 0.1) is 6.61 Å². The number of benzene rings is 2. The molecule has 0 bridgehead atoms. The monoisotopic (exact) mass is 690 g/mol. The van der Waals surface area contributed by atoms with Crippen molar-refractivity contribution in [3.8, 4) is 5.75 Å². The van der Waals surface area contributed by atoms with E-state index in [4.69, 9.17) is 25.0 Å². The van der Waals surface area contributed by atoms with Crippen LogP contribution in [-0.2, 0) is 46.2 Å². The van der Waals surface area contributed by atoms with Crippen molar-refractivity contribution in [2.24, 2.45) is 11.7 Å². The normalized spacial score (nSPS) is 13.2. The Morgan fingerprint density at radius 2 is 1.52 bits per heavy atom. The zero-order chi connectivity index (χ0) is 35.7. The Balaban J connectivity index is 2.31. The molecule has 0 heterocycles. The van der Waals surface area contributed by atoms with Gasteiger partial charge in [0.1, 0.15) is 24.4 Å². The van der Waals surface area contributed by atoms with Crippen LogP contribution in [0.1, 0.15) is 51.2 Å². The van der Waals surface area contributed by atoms with E-state index in [1.54, 1.807) is 31.2 Å². The van der Waals surface area contributed by atoms with E-state index in [0.717, 1.165) is 11.6 Å². The van der Waals surface area contributed by atoms with Crippen LogP contribution in [0.15, 0.2) is 66.7 Å². The van der Waals surface area contributed by atoms with E-state index in [2.05, 4.69) is 20.5 Å². The van der Waals surface area contributed by atoms with E-state index in [1.165, 1.54) is 30.3 Å². The predicted molar refractivity (Wildman–Crippen MR) is 174 cm³/mol. The number of amides is 4. The lowest BCUT2D eigenvalue weighted by molar-refractivity contribution is -0.137. The summed E-state index contributed by atoms with van der Waals surface area (Å²) in [5.41, 5.74) is 6.51. The number of phosphoric ester groups is 1. The molecule has 0 unspecified atom stereocenters. The van der Waals surface area contributed by atoms with Gasteiger partial charge in [-0.15, -0.1) is 0 Å². The number of phosphoric acid groups is 1. The fraction of sp³-hybridized carbons (Fsp3) is 0.406. The molecule has 262 valence electrons. The molecule has 2 rings (SSSR count). The Hall–Kier alpha value is -4.72. The first-order chi connectivity index (χ1) is 22.6. The molecule has 4 amide bonds. The van der Waals surface area contributed by atoms with Crippen LogP contribution in [0, 0.1) is 5.92 Å². The number of rotatable bonds is 19. The second-order valence-electron chi connectivity index (χ2n) is 11.1. The number of nitrogens with one attached hydrogen (secondary N) is 3. The van der Waals surface area contributed by atoms with E-state index in [9.17, 15) is 28.5 Å². The summed E-state index contributed by atoms with van der Waals surface area (Å²) in [5.74, 6) is -2.85. The Morgan fingerprint density at radius 1 is 0.875 bits per heavy atom. The van der Waals surface area contributed by atoms with Gasteiger partial charge in [0.15, 0.2) is 0 Å². The third-order valence-electron chi connectivity index (χ3n) is 6.53. The molecule has 0 spiro atoms. The number of esters is 1. The quantitative estimate of drug-likeness (QED) is 0.0712. The van der Waals surface area contributed by atoms with Crippen molar-refractivity contribution in [1.29, 1.82) is 0 Å². The van der Waals surface area contributed by atoms with Gasteiger partial charge in [0.25, 0.3) is 0 Å². The smallest absolute Gasteiger partial charge is 0.463 e. The molecule has 7 N–H and O–H groups in total. The highest BCUT2D eigenvalue weighted by Crippen LogP contribution is 2.37. The molecule has 0 aromatic heterocycles. The molecular weight excluding hydrogens is 647 g/mol. The summed E-state index contributed by atoms with van der Waals surface area (Å²) in [5, 5.41) is 7.94. The van der Waals surface area contributed by atoms with Crippen LogP contribution in [0.5, 0.6) is 5.75 Å². The summed E-state index contributed by atoms with van der Waals surface area (Å²) in [6, 6.07) is 11.2. The second kappa shape index (κ2) is 19.8. The number of primary amides is 1. The van der Waals surface area contributed by atoms with Gasteiger partial charge in [-0.1, -0.05) is 62.4 Å². The average molecular weight is 691 g/mol. The number of hydrogen-bond acceptors (Lipinski definition) is 9. The molecule has 2 aromatic carbocycles. The predicted octanol–water partition coefficient (Wildman–Crippen LogP) is 2.40. The third-order valence-corrected chi connectivity index (χ3v) is 6.98. The van der Waals surface area contributed by atoms with E-state index in [0.29, 0.717) is 5.56 Å². The maximum Gasteiger partial charge on any atom is 0.524 e. The van der Waals surface area contributed by atoms with Crippen molar-refractivity contribution in [1.82, 2.24) is 16.0 Å². The van der Waals surface area contributed by atoms with Crippen LogP contribution in [0.25, 0.3) is 0 Å². The van der Waals surface area contributed by atoms with E-state index >= 15 is 0 Å². The van der Waals surface area contributed by atoms with Crippen LogP contribution in [0.4, 0.5) is 4.79 Å². The second-order valence-corrected chi connectivity index (χ2v) is 12.3. The highest BCUT2D eigenvalue weighted by atomic mass is 31.2. The number of hydrogen-bond donors (Lipinski definition) is 6.